The Balaban J connectivity index is 2.23. The third-order valence-electron chi connectivity index (χ3n) is 4.54. The molecule has 1 saturated carbocycles. The van der Waals surface area contributed by atoms with Gasteiger partial charge in [-0.3, -0.25) is 0 Å². The van der Waals surface area contributed by atoms with Gasteiger partial charge in [0.15, 0.2) is 0 Å². The second-order valence-electron chi connectivity index (χ2n) is 6.81. The van der Waals surface area contributed by atoms with Crippen molar-refractivity contribution >= 4 is 0 Å². The van der Waals surface area contributed by atoms with Gasteiger partial charge in [0.2, 0.25) is 0 Å². The molecule has 3 nitrogen and oxygen atoms in total. The van der Waals surface area contributed by atoms with Crippen molar-refractivity contribution in [1.82, 2.24) is 14.9 Å². The van der Waals surface area contributed by atoms with Gasteiger partial charge in [0.1, 0.15) is 5.82 Å². The summed E-state index contributed by atoms with van der Waals surface area (Å²) in [4.78, 5) is 4.69. The molecule has 1 heterocycles. The standard InChI is InChI=1S/C16H29N3/c1-5-9-19-10-8-18-15(19)14-11-16(2,3)7-6-13(14)12-17-4/h8,10,13-14,17H,5-7,9,11-12H2,1-4H3. The minimum Gasteiger partial charge on any atom is -0.335 e. The van der Waals surface area contributed by atoms with Crippen LogP contribution in [-0.2, 0) is 6.54 Å². The predicted octanol–water partition coefficient (Wildman–Crippen LogP) is 3.42. The van der Waals surface area contributed by atoms with E-state index >= 15 is 0 Å². The number of nitrogens with zero attached hydrogens (tertiary/aromatic N) is 2. The Kier molecular flexibility index (Phi) is 4.67. The lowest BCUT2D eigenvalue weighted by atomic mass is 9.67. The fourth-order valence-corrected chi connectivity index (χ4v) is 3.53. The van der Waals surface area contributed by atoms with Gasteiger partial charge in [-0.25, -0.2) is 4.98 Å². The summed E-state index contributed by atoms with van der Waals surface area (Å²) in [6.45, 7) is 9.25. The third-order valence-corrected chi connectivity index (χ3v) is 4.54. The molecule has 1 aromatic heterocycles. The minimum atomic E-state index is 0.456. The van der Waals surface area contributed by atoms with Crippen molar-refractivity contribution in [1.29, 1.82) is 0 Å². The molecule has 1 fully saturated rings. The van der Waals surface area contributed by atoms with Crippen LogP contribution in [0.25, 0.3) is 0 Å². The summed E-state index contributed by atoms with van der Waals surface area (Å²) in [6, 6.07) is 0. The lowest BCUT2D eigenvalue weighted by molar-refractivity contribution is 0.154. The topological polar surface area (TPSA) is 29.9 Å². The zero-order valence-electron chi connectivity index (χ0n) is 12.9. The Morgan fingerprint density at radius 1 is 1.47 bits per heavy atom. The van der Waals surface area contributed by atoms with Gasteiger partial charge in [-0.2, -0.15) is 0 Å². The lowest BCUT2D eigenvalue weighted by Gasteiger charge is -2.40. The highest BCUT2D eigenvalue weighted by molar-refractivity contribution is 5.07. The molecule has 2 atom stereocenters. The molecule has 108 valence electrons. The summed E-state index contributed by atoms with van der Waals surface area (Å²) in [5, 5.41) is 3.37. The fourth-order valence-electron chi connectivity index (χ4n) is 3.53. The van der Waals surface area contributed by atoms with E-state index in [1.54, 1.807) is 0 Å². The maximum atomic E-state index is 4.69. The molecule has 0 spiro atoms. The zero-order chi connectivity index (χ0) is 13.9. The minimum absolute atomic E-state index is 0.456. The smallest absolute Gasteiger partial charge is 0.112 e. The van der Waals surface area contributed by atoms with E-state index in [1.807, 2.05) is 6.20 Å². The van der Waals surface area contributed by atoms with Crippen LogP contribution in [0.15, 0.2) is 12.4 Å². The van der Waals surface area contributed by atoms with Crippen molar-refractivity contribution in [3.05, 3.63) is 18.2 Å². The Morgan fingerprint density at radius 2 is 2.26 bits per heavy atom. The SMILES string of the molecule is CCCn1ccnc1C1CC(C)(C)CCC1CNC. The second kappa shape index (κ2) is 6.08. The maximum Gasteiger partial charge on any atom is 0.112 e. The summed E-state index contributed by atoms with van der Waals surface area (Å²) in [7, 11) is 2.06. The molecule has 1 aromatic rings. The van der Waals surface area contributed by atoms with Crippen LogP contribution in [0.4, 0.5) is 0 Å². The summed E-state index contributed by atoms with van der Waals surface area (Å²) in [5.74, 6) is 2.66. The number of hydrogen-bond acceptors (Lipinski definition) is 2. The molecule has 0 radical (unpaired) electrons. The van der Waals surface area contributed by atoms with Crippen molar-refractivity contribution in [2.24, 2.45) is 11.3 Å². The van der Waals surface area contributed by atoms with Gasteiger partial charge in [0.05, 0.1) is 0 Å². The highest BCUT2D eigenvalue weighted by atomic mass is 15.1. The van der Waals surface area contributed by atoms with Crippen molar-refractivity contribution in [2.75, 3.05) is 13.6 Å². The summed E-state index contributed by atoms with van der Waals surface area (Å²) in [6.07, 6.45) is 9.22. The van der Waals surface area contributed by atoms with Crippen molar-refractivity contribution in [3.63, 3.8) is 0 Å². The van der Waals surface area contributed by atoms with Gasteiger partial charge in [-0.1, -0.05) is 20.8 Å². The summed E-state index contributed by atoms with van der Waals surface area (Å²) >= 11 is 0. The number of imidazole rings is 1. The Labute approximate surface area is 117 Å². The average Bonchev–Trinajstić information content (AvgIpc) is 2.80. The van der Waals surface area contributed by atoms with Gasteiger partial charge in [-0.05, 0) is 50.6 Å². The zero-order valence-corrected chi connectivity index (χ0v) is 12.9. The molecule has 0 aromatic carbocycles. The van der Waals surface area contributed by atoms with E-state index in [4.69, 9.17) is 4.98 Å². The molecule has 2 unspecified atom stereocenters. The van der Waals surface area contributed by atoms with Crippen LogP contribution in [0.3, 0.4) is 0 Å². The number of aryl methyl sites for hydroxylation is 1. The third kappa shape index (κ3) is 3.38. The van der Waals surface area contributed by atoms with Gasteiger partial charge >= 0.3 is 0 Å². The van der Waals surface area contributed by atoms with Crippen molar-refractivity contribution in [3.8, 4) is 0 Å². The number of nitrogens with one attached hydrogen (secondary N) is 1. The van der Waals surface area contributed by atoms with E-state index in [0.29, 0.717) is 11.3 Å². The first-order chi connectivity index (χ1) is 9.07. The van der Waals surface area contributed by atoms with Crippen LogP contribution >= 0.6 is 0 Å². The van der Waals surface area contributed by atoms with Crippen LogP contribution in [0.1, 0.15) is 58.2 Å². The van der Waals surface area contributed by atoms with E-state index < -0.39 is 0 Å². The molecule has 3 heteroatoms. The molecular formula is C16H29N3. The van der Waals surface area contributed by atoms with Gasteiger partial charge in [-0.15, -0.1) is 0 Å². The van der Waals surface area contributed by atoms with Crippen LogP contribution < -0.4 is 5.32 Å². The first kappa shape index (κ1) is 14.6. The highest BCUT2D eigenvalue weighted by Crippen LogP contribution is 2.46. The first-order valence-corrected chi connectivity index (χ1v) is 7.73. The molecule has 1 aliphatic carbocycles. The Bertz CT molecular complexity index is 394. The Morgan fingerprint density at radius 3 is 2.95 bits per heavy atom. The summed E-state index contributed by atoms with van der Waals surface area (Å²) < 4.78 is 2.37. The molecule has 0 bridgehead atoms. The van der Waals surface area contributed by atoms with Crippen molar-refractivity contribution in [2.45, 2.75) is 58.9 Å². The van der Waals surface area contributed by atoms with Crippen LogP contribution in [0.5, 0.6) is 0 Å². The summed E-state index contributed by atoms with van der Waals surface area (Å²) in [5.41, 5.74) is 0.456. The van der Waals surface area contributed by atoms with Gasteiger partial charge in [0.25, 0.3) is 0 Å². The van der Waals surface area contributed by atoms with Crippen molar-refractivity contribution < 1.29 is 0 Å². The lowest BCUT2D eigenvalue weighted by Crippen LogP contribution is -2.35. The number of rotatable bonds is 5. The first-order valence-electron chi connectivity index (χ1n) is 7.73. The second-order valence-corrected chi connectivity index (χ2v) is 6.81. The van der Waals surface area contributed by atoms with Crippen LogP contribution in [-0.4, -0.2) is 23.1 Å². The van der Waals surface area contributed by atoms with E-state index in [2.05, 4.69) is 43.9 Å². The number of hydrogen-bond donors (Lipinski definition) is 1. The molecule has 1 aliphatic rings. The van der Waals surface area contributed by atoms with E-state index in [1.165, 1.54) is 31.5 Å². The predicted molar refractivity (Wildman–Crippen MR) is 80.3 cm³/mol. The van der Waals surface area contributed by atoms with Crippen LogP contribution in [0, 0.1) is 11.3 Å². The number of aromatic nitrogens is 2. The average molecular weight is 263 g/mol. The molecule has 0 saturated heterocycles. The van der Waals surface area contributed by atoms with Crippen LogP contribution in [0.2, 0.25) is 0 Å². The fraction of sp³-hybridized carbons (Fsp3) is 0.812. The molecule has 2 rings (SSSR count). The largest absolute Gasteiger partial charge is 0.335 e. The molecule has 19 heavy (non-hydrogen) atoms. The molecule has 0 aliphatic heterocycles. The quantitative estimate of drug-likeness (QED) is 0.882. The molecule has 0 amide bonds. The molecule has 1 N–H and O–H groups in total. The highest BCUT2D eigenvalue weighted by Gasteiger charge is 2.37. The Hall–Kier alpha value is -0.830. The van der Waals surface area contributed by atoms with E-state index in [-0.39, 0.29) is 0 Å². The van der Waals surface area contributed by atoms with E-state index in [9.17, 15) is 0 Å². The van der Waals surface area contributed by atoms with E-state index in [0.717, 1.165) is 19.0 Å². The van der Waals surface area contributed by atoms with Gasteiger partial charge < -0.3 is 9.88 Å². The molecular weight excluding hydrogens is 234 g/mol. The monoisotopic (exact) mass is 263 g/mol. The normalized spacial score (nSPS) is 26.5. The van der Waals surface area contributed by atoms with Gasteiger partial charge in [0, 0.05) is 24.9 Å². The maximum absolute atomic E-state index is 4.69.